The Hall–Kier alpha value is -2.43. The van der Waals surface area contributed by atoms with Crippen LogP contribution in [0.4, 0.5) is 0 Å². The molecule has 0 spiro atoms. The SMILES string of the molecule is COc1ccc(-c2nccnc2CC(=O)O)cc1. The third-order valence-electron chi connectivity index (χ3n) is 2.46. The number of hydrogen-bond acceptors (Lipinski definition) is 4. The summed E-state index contributed by atoms with van der Waals surface area (Å²) in [6, 6.07) is 7.26. The van der Waals surface area contributed by atoms with E-state index in [0.29, 0.717) is 11.4 Å². The summed E-state index contributed by atoms with van der Waals surface area (Å²) in [5.74, 6) is -0.187. The number of rotatable bonds is 4. The summed E-state index contributed by atoms with van der Waals surface area (Å²) in [4.78, 5) is 19.0. The van der Waals surface area contributed by atoms with Gasteiger partial charge in [-0.1, -0.05) is 0 Å². The Morgan fingerprint density at radius 2 is 1.89 bits per heavy atom. The van der Waals surface area contributed by atoms with Crippen molar-refractivity contribution in [2.75, 3.05) is 7.11 Å². The standard InChI is InChI=1S/C13H12N2O3/c1-18-10-4-2-9(3-5-10)13-11(8-12(16)17)14-6-7-15-13/h2-7H,8H2,1H3,(H,16,17). The lowest BCUT2D eigenvalue weighted by atomic mass is 10.1. The summed E-state index contributed by atoms with van der Waals surface area (Å²) in [6.45, 7) is 0. The molecule has 0 aliphatic heterocycles. The van der Waals surface area contributed by atoms with Gasteiger partial charge >= 0.3 is 5.97 Å². The van der Waals surface area contributed by atoms with E-state index in [-0.39, 0.29) is 6.42 Å². The molecule has 0 saturated heterocycles. The van der Waals surface area contributed by atoms with Crippen LogP contribution in [0.5, 0.6) is 5.75 Å². The van der Waals surface area contributed by atoms with Gasteiger partial charge in [0.15, 0.2) is 0 Å². The second-order valence-electron chi connectivity index (χ2n) is 3.65. The molecule has 0 fully saturated rings. The number of ether oxygens (including phenoxy) is 1. The van der Waals surface area contributed by atoms with Gasteiger partial charge in [-0.05, 0) is 24.3 Å². The summed E-state index contributed by atoms with van der Waals surface area (Å²) in [6.07, 6.45) is 2.89. The molecule has 1 N–H and O–H groups in total. The van der Waals surface area contributed by atoms with Gasteiger partial charge in [-0.25, -0.2) is 0 Å². The van der Waals surface area contributed by atoms with E-state index >= 15 is 0 Å². The Kier molecular flexibility index (Phi) is 3.52. The van der Waals surface area contributed by atoms with Gasteiger partial charge in [-0.3, -0.25) is 14.8 Å². The number of carboxylic acid groups (broad SMARTS) is 1. The molecular formula is C13H12N2O3. The number of aromatic nitrogens is 2. The minimum atomic E-state index is -0.926. The van der Waals surface area contributed by atoms with Gasteiger partial charge in [0.1, 0.15) is 5.75 Å². The first-order valence-electron chi connectivity index (χ1n) is 5.37. The predicted octanol–water partition coefficient (Wildman–Crippen LogP) is 1.78. The highest BCUT2D eigenvalue weighted by molar-refractivity contribution is 5.73. The lowest BCUT2D eigenvalue weighted by Crippen LogP contribution is -2.05. The van der Waals surface area contributed by atoms with E-state index in [4.69, 9.17) is 9.84 Å². The average molecular weight is 244 g/mol. The van der Waals surface area contributed by atoms with Crippen molar-refractivity contribution in [2.24, 2.45) is 0 Å². The molecule has 2 aromatic rings. The Bertz CT molecular complexity index is 552. The van der Waals surface area contributed by atoms with Gasteiger partial charge in [0.2, 0.25) is 0 Å². The highest BCUT2D eigenvalue weighted by Crippen LogP contribution is 2.22. The first-order valence-corrected chi connectivity index (χ1v) is 5.37. The van der Waals surface area contributed by atoms with Crippen molar-refractivity contribution >= 4 is 5.97 Å². The number of benzene rings is 1. The molecule has 92 valence electrons. The average Bonchev–Trinajstić information content (AvgIpc) is 2.39. The first kappa shape index (κ1) is 12.0. The molecule has 1 heterocycles. The molecule has 5 heteroatoms. The van der Waals surface area contributed by atoms with Crippen LogP contribution in [0.2, 0.25) is 0 Å². The molecule has 1 aromatic carbocycles. The van der Waals surface area contributed by atoms with Gasteiger partial charge in [0, 0.05) is 18.0 Å². The van der Waals surface area contributed by atoms with Gasteiger partial charge in [0.05, 0.1) is 24.9 Å². The van der Waals surface area contributed by atoms with Gasteiger partial charge in [-0.15, -0.1) is 0 Å². The zero-order chi connectivity index (χ0) is 13.0. The van der Waals surface area contributed by atoms with E-state index < -0.39 is 5.97 Å². The van der Waals surface area contributed by atoms with Gasteiger partial charge in [-0.2, -0.15) is 0 Å². The smallest absolute Gasteiger partial charge is 0.309 e. The molecular weight excluding hydrogens is 232 g/mol. The number of carbonyl (C=O) groups is 1. The molecule has 0 aliphatic carbocycles. The molecule has 1 aromatic heterocycles. The fraction of sp³-hybridized carbons (Fsp3) is 0.154. The number of hydrogen-bond donors (Lipinski definition) is 1. The Morgan fingerprint density at radius 3 is 2.50 bits per heavy atom. The van der Waals surface area contributed by atoms with E-state index in [1.807, 2.05) is 12.1 Å². The van der Waals surface area contributed by atoms with Crippen LogP contribution in [-0.2, 0) is 11.2 Å². The van der Waals surface area contributed by atoms with E-state index in [1.165, 1.54) is 6.20 Å². The van der Waals surface area contributed by atoms with Crippen LogP contribution in [-0.4, -0.2) is 28.2 Å². The van der Waals surface area contributed by atoms with E-state index in [2.05, 4.69) is 9.97 Å². The highest BCUT2D eigenvalue weighted by atomic mass is 16.5. The lowest BCUT2D eigenvalue weighted by Gasteiger charge is -2.06. The van der Waals surface area contributed by atoms with Crippen LogP contribution in [0.3, 0.4) is 0 Å². The maximum absolute atomic E-state index is 10.8. The van der Waals surface area contributed by atoms with E-state index in [9.17, 15) is 4.79 Å². The fourth-order valence-electron chi connectivity index (χ4n) is 1.63. The van der Waals surface area contributed by atoms with Crippen molar-refractivity contribution in [2.45, 2.75) is 6.42 Å². The van der Waals surface area contributed by atoms with Crippen molar-refractivity contribution in [1.82, 2.24) is 9.97 Å². The molecule has 18 heavy (non-hydrogen) atoms. The Morgan fingerprint density at radius 1 is 1.22 bits per heavy atom. The van der Waals surface area contributed by atoms with Crippen LogP contribution in [0.1, 0.15) is 5.69 Å². The Balaban J connectivity index is 2.39. The monoisotopic (exact) mass is 244 g/mol. The maximum atomic E-state index is 10.8. The summed E-state index contributed by atoms with van der Waals surface area (Å²) >= 11 is 0. The van der Waals surface area contributed by atoms with Crippen LogP contribution < -0.4 is 4.74 Å². The second-order valence-corrected chi connectivity index (χ2v) is 3.65. The first-order chi connectivity index (χ1) is 8.70. The summed E-state index contributed by atoms with van der Waals surface area (Å²) in [5.41, 5.74) is 1.86. The minimum Gasteiger partial charge on any atom is -0.497 e. The topological polar surface area (TPSA) is 72.3 Å². The van der Waals surface area contributed by atoms with Crippen molar-refractivity contribution in [3.05, 3.63) is 42.4 Å². The fourth-order valence-corrected chi connectivity index (χ4v) is 1.63. The van der Waals surface area contributed by atoms with E-state index in [1.54, 1.807) is 25.4 Å². The third-order valence-corrected chi connectivity index (χ3v) is 2.46. The lowest BCUT2D eigenvalue weighted by molar-refractivity contribution is -0.136. The predicted molar refractivity (Wildman–Crippen MR) is 65.4 cm³/mol. The van der Waals surface area contributed by atoms with Crippen LogP contribution in [0, 0.1) is 0 Å². The number of aliphatic carboxylic acids is 1. The zero-order valence-electron chi connectivity index (χ0n) is 9.83. The molecule has 2 rings (SSSR count). The van der Waals surface area contributed by atoms with Gasteiger partial charge < -0.3 is 9.84 Å². The summed E-state index contributed by atoms with van der Waals surface area (Å²) in [5, 5.41) is 8.83. The normalized spacial score (nSPS) is 10.1. The van der Waals surface area contributed by atoms with Crippen molar-refractivity contribution in [1.29, 1.82) is 0 Å². The molecule has 0 radical (unpaired) electrons. The molecule has 0 saturated carbocycles. The molecule has 0 bridgehead atoms. The van der Waals surface area contributed by atoms with Crippen LogP contribution in [0.25, 0.3) is 11.3 Å². The van der Waals surface area contributed by atoms with Crippen molar-refractivity contribution in [3.8, 4) is 17.0 Å². The Labute approximate surface area is 104 Å². The minimum absolute atomic E-state index is 0.144. The molecule has 0 unspecified atom stereocenters. The third kappa shape index (κ3) is 2.63. The van der Waals surface area contributed by atoms with Crippen molar-refractivity contribution < 1.29 is 14.6 Å². The number of nitrogens with zero attached hydrogens (tertiary/aromatic N) is 2. The summed E-state index contributed by atoms with van der Waals surface area (Å²) < 4.78 is 5.07. The highest BCUT2D eigenvalue weighted by Gasteiger charge is 2.11. The van der Waals surface area contributed by atoms with E-state index in [0.717, 1.165) is 11.3 Å². The number of carboxylic acids is 1. The quantitative estimate of drug-likeness (QED) is 0.887. The van der Waals surface area contributed by atoms with Gasteiger partial charge in [0.25, 0.3) is 0 Å². The molecule has 0 atom stereocenters. The van der Waals surface area contributed by atoms with Crippen LogP contribution in [0.15, 0.2) is 36.7 Å². The summed E-state index contributed by atoms with van der Waals surface area (Å²) in [7, 11) is 1.59. The molecule has 0 amide bonds. The maximum Gasteiger partial charge on any atom is 0.309 e. The van der Waals surface area contributed by atoms with Crippen LogP contribution >= 0.6 is 0 Å². The number of methoxy groups -OCH3 is 1. The van der Waals surface area contributed by atoms with Crippen molar-refractivity contribution in [3.63, 3.8) is 0 Å². The molecule has 0 aliphatic rings. The molecule has 5 nitrogen and oxygen atoms in total. The largest absolute Gasteiger partial charge is 0.497 e. The second kappa shape index (κ2) is 5.27. The zero-order valence-corrected chi connectivity index (χ0v) is 9.83.